The molecule has 0 radical (unpaired) electrons. The van der Waals surface area contributed by atoms with Crippen molar-refractivity contribution in [3.8, 4) is 0 Å². The van der Waals surface area contributed by atoms with Crippen LogP contribution in [0.25, 0.3) is 0 Å². The Balaban J connectivity index is 2.20. The van der Waals surface area contributed by atoms with E-state index in [4.69, 9.17) is 18.0 Å². The zero-order valence-electron chi connectivity index (χ0n) is 15.8. The Labute approximate surface area is 157 Å². The number of carbonyl (C=O) groups is 1. The fourth-order valence-electron chi connectivity index (χ4n) is 3.98. The zero-order valence-corrected chi connectivity index (χ0v) is 16.6. The minimum atomic E-state index is -0.343. The van der Waals surface area contributed by atoms with Gasteiger partial charge in [-0.3, -0.25) is 4.79 Å². The van der Waals surface area contributed by atoms with E-state index in [9.17, 15) is 4.79 Å². The van der Waals surface area contributed by atoms with Crippen molar-refractivity contribution in [2.24, 2.45) is 17.1 Å². The van der Waals surface area contributed by atoms with Gasteiger partial charge in [0.15, 0.2) is 0 Å². The Kier molecular flexibility index (Phi) is 6.04. The molecule has 1 aliphatic carbocycles. The summed E-state index contributed by atoms with van der Waals surface area (Å²) in [5, 5.41) is 3.24. The molecule has 0 spiro atoms. The molecule has 3 atom stereocenters. The Bertz CT molecular complexity index is 667. The number of rotatable bonds is 4. The summed E-state index contributed by atoms with van der Waals surface area (Å²) in [6.45, 7) is 9.01. The van der Waals surface area contributed by atoms with Crippen molar-refractivity contribution in [2.75, 3.05) is 0 Å². The summed E-state index contributed by atoms with van der Waals surface area (Å²) in [7, 11) is 0. The third-order valence-corrected chi connectivity index (χ3v) is 5.58. The highest BCUT2D eigenvalue weighted by atomic mass is 32.1. The number of amides is 1. The van der Waals surface area contributed by atoms with Gasteiger partial charge in [0.2, 0.25) is 0 Å². The van der Waals surface area contributed by atoms with Crippen LogP contribution in [0, 0.1) is 11.3 Å². The van der Waals surface area contributed by atoms with Crippen molar-refractivity contribution < 1.29 is 4.79 Å². The molecule has 0 aromatic heterocycles. The lowest BCUT2D eigenvalue weighted by molar-refractivity contribution is 0.0882. The lowest BCUT2D eigenvalue weighted by Gasteiger charge is -2.41. The molecule has 0 heterocycles. The summed E-state index contributed by atoms with van der Waals surface area (Å²) in [6.07, 6.45) is 8.69. The zero-order chi connectivity index (χ0) is 18.7. The largest absolute Gasteiger partial charge is 0.389 e. The van der Waals surface area contributed by atoms with Crippen LogP contribution in [0.1, 0.15) is 69.3 Å². The molecule has 0 aliphatic heterocycles. The maximum absolute atomic E-state index is 12.8. The second kappa shape index (κ2) is 7.69. The minimum Gasteiger partial charge on any atom is -0.389 e. The van der Waals surface area contributed by atoms with Gasteiger partial charge in [0.1, 0.15) is 4.99 Å². The molecular formula is C21H30N2OS. The van der Waals surface area contributed by atoms with Gasteiger partial charge in [-0.25, -0.2) is 0 Å². The lowest BCUT2D eigenvalue weighted by Crippen LogP contribution is -2.48. The maximum atomic E-state index is 12.8. The Morgan fingerprint density at radius 2 is 1.88 bits per heavy atom. The first-order chi connectivity index (χ1) is 11.7. The molecule has 1 aromatic rings. The average Bonchev–Trinajstić information content (AvgIpc) is 2.53. The summed E-state index contributed by atoms with van der Waals surface area (Å²) in [5.41, 5.74) is 6.90. The Hall–Kier alpha value is -1.68. The fourth-order valence-corrected chi connectivity index (χ4v) is 4.11. The third-order valence-electron chi connectivity index (χ3n) is 5.34. The summed E-state index contributed by atoms with van der Waals surface area (Å²) in [6, 6.07) is 7.15. The molecule has 0 fully saturated rings. The third kappa shape index (κ3) is 5.15. The first-order valence-electron chi connectivity index (χ1n) is 9.06. The highest BCUT2D eigenvalue weighted by Gasteiger charge is 2.36. The van der Waals surface area contributed by atoms with Crippen LogP contribution in [0.3, 0.4) is 0 Å². The quantitative estimate of drug-likeness (QED) is 0.611. The van der Waals surface area contributed by atoms with E-state index in [1.807, 2.05) is 0 Å². The number of nitrogens with two attached hydrogens (primary N) is 1. The van der Waals surface area contributed by atoms with E-state index in [0.717, 1.165) is 24.8 Å². The predicted molar refractivity (Wildman–Crippen MR) is 109 cm³/mol. The molecule has 1 amide bonds. The molecule has 0 bridgehead atoms. The molecule has 2 rings (SSSR count). The van der Waals surface area contributed by atoms with Crippen LogP contribution in [0.5, 0.6) is 0 Å². The van der Waals surface area contributed by atoms with Gasteiger partial charge in [0.05, 0.1) is 5.54 Å². The van der Waals surface area contributed by atoms with Gasteiger partial charge in [-0.2, -0.15) is 0 Å². The van der Waals surface area contributed by atoms with Crippen molar-refractivity contribution in [3.63, 3.8) is 0 Å². The van der Waals surface area contributed by atoms with Crippen molar-refractivity contribution in [1.29, 1.82) is 0 Å². The van der Waals surface area contributed by atoms with E-state index in [1.54, 1.807) is 24.3 Å². The van der Waals surface area contributed by atoms with Crippen LogP contribution in [0.2, 0.25) is 0 Å². The molecule has 3 nitrogen and oxygen atoms in total. The van der Waals surface area contributed by atoms with Crippen LogP contribution < -0.4 is 11.1 Å². The van der Waals surface area contributed by atoms with Crippen molar-refractivity contribution in [3.05, 3.63) is 47.5 Å². The first-order valence-corrected chi connectivity index (χ1v) is 9.47. The number of thiocarbonyl (C=S) groups is 1. The highest BCUT2D eigenvalue weighted by Crippen LogP contribution is 2.40. The number of hydrogen-bond acceptors (Lipinski definition) is 2. The summed E-state index contributed by atoms with van der Waals surface area (Å²) in [5.74, 6) is 0.614. The average molecular weight is 359 g/mol. The number of hydrogen-bond donors (Lipinski definition) is 2. The Morgan fingerprint density at radius 1 is 1.28 bits per heavy atom. The van der Waals surface area contributed by atoms with Gasteiger partial charge in [-0.1, -0.05) is 63.7 Å². The molecule has 1 aliphatic rings. The number of nitrogens with one attached hydrogen (secondary N) is 1. The maximum Gasteiger partial charge on any atom is 0.251 e. The van der Waals surface area contributed by atoms with Crippen molar-refractivity contribution in [2.45, 2.75) is 58.9 Å². The SMILES string of the molecule is CCC1(C)CC(C)CC=CC(C)(NC(=O)c2ccc(C(N)=S)cc2)C1. The van der Waals surface area contributed by atoms with Gasteiger partial charge >= 0.3 is 0 Å². The van der Waals surface area contributed by atoms with Crippen LogP contribution in [0.15, 0.2) is 36.4 Å². The van der Waals surface area contributed by atoms with E-state index >= 15 is 0 Å². The van der Waals surface area contributed by atoms with E-state index in [1.165, 1.54) is 6.42 Å². The standard InChI is InChI=1S/C21H30N2OS/c1-5-20(3)13-15(2)7-6-12-21(4,14-20)23-19(24)17-10-8-16(9-11-17)18(22)25/h6,8-12,15H,5,7,13-14H2,1-4H3,(H2,22,25)(H,23,24). The first kappa shape index (κ1) is 19.6. The highest BCUT2D eigenvalue weighted by molar-refractivity contribution is 7.80. The molecule has 0 saturated carbocycles. The molecular weight excluding hydrogens is 328 g/mol. The van der Waals surface area contributed by atoms with Gasteiger partial charge in [-0.05, 0) is 49.7 Å². The number of allylic oxidation sites excluding steroid dienone is 1. The normalized spacial score (nSPS) is 29.5. The van der Waals surface area contributed by atoms with Crippen LogP contribution in [-0.2, 0) is 0 Å². The predicted octanol–water partition coefficient (Wildman–Crippen LogP) is 4.60. The molecule has 4 heteroatoms. The van der Waals surface area contributed by atoms with Crippen LogP contribution >= 0.6 is 12.2 Å². The second-order valence-corrected chi connectivity index (χ2v) is 8.54. The Morgan fingerprint density at radius 3 is 2.44 bits per heavy atom. The van der Waals surface area contributed by atoms with Gasteiger partial charge in [-0.15, -0.1) is 0 Å². The molecule has 3 N–H and O–H groups in total. The van der Waals surface area contributed by atoms with E-state index in [2.05, 4.69) is 45.2 Å². The lowest BCUT2D eigenvalue weighted by atomic mass is 9.69. The summed E-state index contributed by atoms with van der Waals surface area (Å²) in [4.78, 5) is 13.1. The minimum absolute atomic E-state index is 0.0614. The smallest absolute Gasteiger partial charge is 0.251 e. The van der Waals surface area contributed by atoms with Crippen LogP contribution in [-0.4, -0.2) is 16.4 Å². The van der Waals surface area contributed by atoms with Gasteiger partial charge in [0.25, 0.3) is 5.91 Å². The van der Waals surface area contributed by atoms with E-state index in [0.29, 0.717) is 16.5 Å². The van der Waals surface area contributed by atoms with Gasteiger partial charge < -0.3 is 11.1 Å². The summed E-state index contributed by atoms with van der Waals surface area (Å²) >= 11 is 4.96. The topological polar surface area (TPSA) is 55.1 Å². The molecule has 25 heavy (non-hydrogen) atoms. The molecule has 1 aromatic carbocycles. The molecule has 3 unspecified atom stereocenters. The monoisotopic (exact) mass is 358 g/mol. The molecule has 136 valence electrons. The van der Waals surface area contributed by atoms with Crippen LogP contribution in [0.4, 0.5) is 0 Å². The van der Waals surface area contributed by atoms with E-state index < -0.39 is 0 Å². The molecule has 0 saturated heterocycles. The fraction of sp³-hybridized carbons (Fsp3) is 0.524. The van der Waals surface area contributed by atoms with Crippen molar-refractivity contribution in [1.82, 2.24) is 5.32 Å². The number of benzene rings is 1. The number of carbonyl (C=O) groups excluding carboxylic acids is 1. The second-order valence-electron chi connectivity index (χ2n) is 8.10. The van der Waals surface area contributed by atoms with Gasteiger partial charge in [0, 0.05) is 11.1 Å². The van der Waals surface area contributed by atoms with Crippen molar-refractivity contribution >= 4 is 23.1 Å². The van der Waals surface area contributed by atoms with E-state index in [-0.39, 0.29) is 16.9 Å². The summed E-state index contributed by atoms with van der Waals surface area (Å²) < 4.78 is 0.